The van der Waals surface area contributed by atoms with E-state index in [9.17, 15) is 14.4 Å². The van der Waals surface area contributed by atoms with Gasteiger partial charge in [-0.1, -0.05) is 18.2 Å². The highest BCUT2D eigenvalue weighted by molar-refractivity contribution is 7.17. The van der Waals surface area contributed by atoms with Gasteiger partial charge in [0.15, 0.2) is 6.61 Å². The number of nitrogens with zero attached hydrogens (tertiary/aromatic N) is 2. The van der Waals surface area contributed by atoms with Crippen LogP contribution in [0.1, 0.15) is 55.9 Å². The molecule has 2 aromatic heterocycles. The number of esters is 2. The Balaban J connectivity index is 1.45. The Labute approximate surface area is 195 Å². The summed E-state index contributed by atoms with van der Waals surface area (Å²) in [7, 11) is 0. The molecule has 0 saturated carbocycles. The minimum atomic E-state index is -0.623. The monoisotopic (exact) mass is 467 g/mol. The fraction of sp³-hybridized carbons (Fsp3) is 0.333. The molecular weight excluding hydrogens is 442 g/mol. The molecule has 0 fully saturated rings. The zero-order chi connectivity index (χ0) is 23.5. The van der Waals surface area contributed by atoms with Crippen molar-refractivity contribution in [2.75, 3.05) is 18.5 Å². The Morgan fingerprint density at radius 2 is 1.79 bits per heavy atom. The summed E-state index contributed by atoms with van der Waals surface area (Å²) in [5.41, 5.74) is 3.67. The molecule has 0 spiro atoms. The van der Waals surface area contributed by atoms with Gasteiger partial charge in [0.1, 0.15) is 10.6 Å². The minimum absolute atomic E-state index is 0.254. The lowest BCUT2D eigenvalue weighted by Crippen LogP contribution is -2.22. The summed E-state index contributed by atoms with van der Waals surface area (Å²) in [4.78, 5) is 38.8. The number of fused-ring (bicyclic) bond motifs is 1. The first-order valence-corrected chi connectivity index (χ1v) is 11.6. The summed E-state index contributed by atoms with van der Waals surface area (Å²) in [5, 5.41) is 7.61. The molecule has 3 aromatic rings. The number of amides is 1. The molecule has 1 N–H and O–H groups in total. The van der Waals surface area contributed by atoms with Crippen molar-refractivity contribution in [2.45, 2.75) is 40.0 Å². The molecule has 9 heteroatoms. The first kappa shape index (κ1) is 22.7. The lowest BCUT2D eigenvalue weighted by molar-refractivity contribution is -0.119. The van der Waals surface area contributed by atoms with E-state index in [2.05, 4.69) is 10.4 Å². The molecule has 0 unspecified atom stereocenters. The summed E-state index contributed by atoms with van der Waals surface area (Å²) in [6.07, 6.45) is 2.64. The third-order valence-electron chi connectivity index (χ3n) is 5.48. The number of ether oxygens (including phenoxy) is 2. The molecule has 0 radical (unpaired) electrons. The first-order valence-electron chi connectivity index (χ1n) is 10.8. The molecule has 0 aliphatic heterocycles. The molecule has 1 aromatic carbocycles. The number of benzene rings is 1. The molecule has 172 valence electrons. The predicted molar refractivity (Wildman–Crippen MR) is 124 cm³/mol. The number of aryl methyl sites for hydroxylation is 2. The van der Waals surface area contributed by atoms with E-state index in [0.717, 1.165) is 35.4 Å². The van der Waals surface area contributed by atoms with Crippen molar-refractivity contribution in [1.29, 1.82) is 0 Å². The number of rotatable bonds is 7. The molecule has 0 bridgehead atoms. The zero-order valence-electron chi connectivity index (χ0n) is 18.8. The molecule has 0 atom stereocenters. The van der Waals surface area contributed by atoms with Gasteiger partial charge in [-0.3, -0.25) is 4.79 Å². The number of carbonyl (C=O) groups excluding carboxylic acids is 3. The quantitative estimate of drug-likeness (QED) is 0.527. The van der Waals surface area contributed by atoms with Crippen LogP contribution in [0.5, 0.6) is 0 Å². The summed E-state index contributed by atoms with van der Waals surface area (Å²) in [5.74, 6) is -1.58. The highest BCUT2D eigenvalue weighted by Gasteiger charge is 2.29. The van der Waals surface area contributed by atoms with E-state index in [-0.39, 0.29) is 6.61 Å². The van der Waals surface area contributed by atoms with Gasteiger partial charge < -0.3 is 14.8 Å². The van der Waals surface area contributed by atoms with Gasteiger partial charge in [-0.25, -0.2) is 14.3 Å². The second kappa shape index (κ2) is 9.58. The fourth-order valence-electron chi connectivity index (χ4n) is 4.04. The van der Waals surface area contributed by atoms with Gasteiger partial charge in [0.2, 0.25) is 0 Å². The Hall–Kier alpha value is -3.46. The minimum Gasteiger partial charge on any atom is -0.462 e. The number of nitrogens with one attached hydrogen (secondary N) is 1. The summed E-state index contributed by atoms with van der Waals surface area (Å²) in [6, 6.07) is 9.46. The van der Waals surface area contributed by atoms with Crippen molar-refractivity contribution in [3.63, 3.8) is 0 Å². The normalized spacial score (nSPS) is 12.3. The Morgan fingerprint density at radius 3 is 2.52 bits per heavy atom. The predicted octanol–water partition coefficient (Wildman–Crippen LogP) is 4.01. The lowest BCUT2D eigenvalue weighted by Gasteiger charge is -2.09. The number of hydrogen-bond acceptors (Lipinski definition) is 7. The number of para-hydroxylation sites is 1. The number of carbonyl (C=O) groups is 3. The van der Waals surface area contributed by atoms with Crippen molar-refractivity contribution in [3.05, 3.63) is 63.3 Å². The van der Waals surface area contributed by atoms with Crippen molar-refractivity contribution in [3.8, 4) is 5.69 Å². The van der Waals surface area contributed by atoms with E-state index in [1.165, 1.54) is 11.3 Å². The summed E-state index contributed by atoms with van der Waals surface area (Å²) in [6.45, 7) is 5.03. The Kier molecular flexibility index (Phi) is 6.60. The van der Waals surface area contributed by atoms with E-state index in [4.69, 9.17) is 9.47 Å². The molecule has 8 nitrogen and oxygen atoms in total. The van der Waals surface area contributed by atoms with Crippen molar-refractivity contribution < 1.29 is 23.9 Å². The van der Waals surface area contributed by atoms with E-state index >= 15 is 0 Å². The molecule has 1 amide bonds. The number of aromatic nitrogens is 2. The van der Waals surface area contributed by atoms with Crippen LogP contribution in [-0.4, -0.2) is 40.8 Å². The van der Waals surface area contributed by atoms with Crippen LogP contribution in [0, 0.1) is 13.8 Å². The SMILES string of the molecule is CCOC(=O)c1c(NC(=O)COC(=O)c2c(C)nn(-c3ccccc3)c2C)sc2c1CCC2. The van der Waals surface area contributed by atoms with E-state index in [1.807, 2.05) is 30.3 Å². The molecule has 1 aliphatic rings. The summed E-state index contributed by atoms with van der Waals surface area (Å²) < 4.78 is 12.1. The van der Waals surface area contributed by atoms with Gasteiger partial charge in [0.05, 0.1) is 29.2 Å². The van der Waals surface area contributed by atoms with Crippen LogP contribution in [0.2, 0.25) is 0 Å². The maximum atomic E-state index is 12.7. The highest BCUT2D eigenvalue weighted by atomic mass is 32.1. The third kappa shape index (κ3) is 4.54. The maximum Gasteiger partial charge on any atom is 0.342 e. The van der Waals surface area contributed by atoms with Gasteiger partial charge in [-0.2, -0.15) is 5.10 Å². The van der Waals surface area contributed by atoms with E-state index < -0.39 is 24.5 Å². The highest BCUT2D eigenvalue weighted by Crippen LogP contribution is 2.39. The molecular formula is C24H25N3O5S. The molecule has 4 rings (SSSR count). The van der Waals surface area contributed by atoms with Crippen LogP contribution in [0.4, 0.5) is 5.00 Å². The smallest absolute Gasteiger partial charge is 0.342 e. The largest absolute Gasteiger partial charge is 0.462 e. The van der Waals surface area contributed by atoms with Crippen molar-refractivity contribution in [1.82, 2.24) is 9.78 Å². The fourth-order valence-corrected chi connectivity index (χ4v) is 5.33. The van der Waals surface area contributed by atoms with Crippen molar-refractivity contribution >= 4 is 34.2 Å². The number of anilines is 1. The molecule has 1 aliphatic carbocycles. The van der Waals surface area contributed by atoms with Crippen molar-refractivity contribution in [2.24, 2.45) is 0 Å². The second-order valence-electron chi connectivity index (χ2n) is 7.70. The lowest BCUT2D eigenvalue weighted by atomic mass is 10.1. The van der Waals surface area contributed by atoms with Crippen LogP contribution in [0.3, 0.4) is 0 Å². The van der Waals surface area contributed by atoms with Gasteiger partial charge in [-0.05, 0) is 57.7 Å². The first-order chi connectivity index (χ1) is 15.9. The number of thiophene rings is 1. The molecule has 33 heavy (non-hydrogen) atoms. The summed E-state index contributed by atoms with van der Waals surface area (Å²) >= 11 is 1.38. The Bertz CT molecular complexity index is 1210. The topological polar surface area (TPSA) is 99.5 Å². The van der Waals surface area contributed by atoms with E-state index in [0.29, 0.717) is 27.5 Å². The van der Waals surface area contributed by atoms with Crippen LogP contribution in [-0.2, 0) is 27.1 Å². The maximum absolute atomic E-state index is 12.7. The molecule has 2 heterocycles. The third-order valence-corrected chi connectivity index (χ3v) is 6.69. The van der Waals surface area contributed by atoms with Crippen LogP contribution in [0.15, 0.2) is 30.3 Å². The Morgan fingerprint density at radius 1 is 1.06 bits per heavy atom. The number of hydrogen-bond donors (Lipinski definition) is 1. The second-order valence-corrected chi connectivity index (χ2v) is 8.80. The van der Waals surface area contributed by atoms with Gasteiger partial charge >= 0.3 is 11.9 Å². The zero-order valence-corrected chi connectivity index (χ0v) is 19.6. The van der Waals surface area contributed by atoms with Crippen LogP contribution in [0.25, 0.3) is 5.69 Å². The van der Waals surface area contributed by atoms with Crippen LogP contribution >= 0.6 is 11.3 Å². The van der Waals surface area contributed by atoms with Gasteiger partial charge in [0, 0.05) is 4.88 Å². The molecule has 0 saturated heterocycles. The standard InChI is InChI=1S/C24H25N3O5S/c1-4-31-24(30)21-17-11-8-12-18(17)33-22(21)25-19(28)13-32-23(29)20-14(2)26-27(15(20)3)16-9-6-5-7-10-16/h5-7,9-10H,4,8,11-13H2,1-3H3,(H,25,28). The van der Waals surface area contributed by atoms with Gasteiger partial charge in [-0.15, -0.1) is 11.3 Å². The van der Waals surface area contributed by atoms with Crippen LogP contribution < -0.4 is 5.32 Å². The van der Waals surface area contributed by atoms with E-state index in [1.54, 1.807) is 25.5 Å². The average Bonchev–Trinajstić information content (AvgIpc) is 3.45. The van der Waals surface area contributed by atoms with Gasteiger partial charge in [0.25, 0.3) is 5.91 Å². The average molecular weight is 468 g/mol.